The SMILES string of the molecule is C=CCN1C(=O)/C(=C/c2ccc(Cl)c([N+](=O)[O-])c2)C(=O)NC1=S. The summed E-state index contributed by atoms with van der Waals surface area (Å²) in [6.45, 7) is 3.65. The van der Waals surface area contributed by atoms with Crippen molar-refractivity contribution < 1.29 is 14.5 Å². The van der Waals surface area contributed by atoms with Crippen molar-refractivity contribution in [1.29, 1.82) is 0 Å². The molecule has 1 saturated heterocycles. The number of hydrogen-bond acceptors (Lipinski definition) is 5. The number of hydrogen-bond donors (Lipinski definition) is 1. The second kappa shape index (κ2) is 6.67. The number of carbonyl (C=O) groups excluding carboxylic acids is 2. The van der Waals surface area contributed by atoms with Gasteiger partial charge in [-0.25, -0.2) is 0 Å². The topological polar surface area (TPSA) is 92.6 Å². The summed E-state index contributed by atoms with van der Waals surface area (Å²) >= 11 is 10.7. The minimum absolute atomic E-state index is 0.0147. The fourth-order valence-electron chi connectivity index (χ4n) is 1.91. The first-order valence-electron chi connectivity index (χ1n) is 6.29. The molecule has 23 heavy (non-hydrogen) atoms. The number of benzene rings is 1. The van der Waals surface area contributed by atoms with Gasteiger partial charge >= 0.3 is 0 Å². The van der Waals surface area contributed by atoms with E-state index in [0.29, 0.717) is 5.56 Å². The van der Waals surface area contributed by atoms with Gasteiger partial charge in [0.25, 0.3) is 17.5 Å². The molecule has 1 aliphatic heterocycles. The number of nitro groups is 1. The molecule has 0 aliphatic carbocycles. The zero-order chi connectivity index (χ0) is 17.1. The van der Waals surface area contributed by atoms with E-state index in [-0.39, 0.29) is 27.9 Å². The van der Waals surface area contributed by atoms with E-state index in [2.05, 4.69) is 11.9 Å². The Balaban J connectivity index is 2.44. The Morgan fingerprint density at radius 3 is 2.74 bits per heavy atom. The van der Waals surface area contributed by atoms with Crippen LogP contribution < -0.4 is 5.32 Å². The third-order valence-corrected chi connectivity index (χ3v) is 3.62. The molecule has 118 valence electrons. The van der Waals surface area contributed by atoms with Crippen LogP contribution in [0.2, 0.25) is 5.02 Å². The summed E-state index contributed by atoms with van der Waals surface area (Å²) in [6.07, 6.45) is 2.71. The molecule has 0 radical (unpaired) electrons. The molecule has 0 saturated carbocycles. The molecule has 0 aromatic heterocycles. The Morgan fingerprint density at radius 1 is 1.43 bits per heavy atom. The van der Waals surface area contributed by atoms with E-state index in [1.807, 2.05) is 0 Å². The number of halogens is 1. The standard InChI is InChI=1S/C14H10ClN3O4S/c1-2-5-17-13(20)9(12(19)16-14(17)23)6-8-3-4-10(15)11(7-8)18(21)22/h2-4,6-7H,1,5H2,(H,16,19,23)/b9-6+. The van der Waals surface area contributed by atoms with Crippen LogP contribution in [0.4, 0.5) is 5.69 Å². The maximum Gasteiger partial charge on any atom is 0.288 e. The Morgan fingerprint density at radius 2 is 2.13 bits per heavy atom. The van der Waals surface area contributed by atoms with E-state index in [1.165, 1.54) is 35.3 Å². The van der Waals surface area contributed by atoms with Gasteiger partial charge < -0.3 is 0 Å². The van der Waals surface area contributed by atoms with Gasteiger partial charge in [-0.15, -0.1) is 6.58 Å². The molecule has 1 fully saturated rings. The van der Waals surface area contributed by atoms with Crippen LogP contribution in [0.15, 0.2) is 36.4 Å². The van der Waals surface area contributed by atoms with E-state index >= 15 is 0 Å². The second-order valence-electron chi connectivity index (χ2n) is 4.49. The summed E-state index contributed by atoms with van der Waals surface area (Å²) in [6, 6.07) is 3.97. The minimum atomic E-state index is -0.669. The van der Waals surface area contributed by atoms with Gasteiger partial charge in [0.05, 0.1) is 4.92 Å². The van der Waals surface area contributed by atoms with Crippen molar-refractivity contribution in [3.63, 3.8) is 0 Å². The Kier molecular flexibility index (Phi) is 4.87. The van der Waals surface area contributed by atoms with Crippen molar-refractivity contribution in [2.45, 2.75) is 0 Å². The first kappa shape index (κ1) is 16.8. The predicted molar refractivity (Wildman–Crippen MR) is 88.7 cm³/mol. The highest BCUT2D eigenvalue weighted by molar-refractivity contribution is 7.80. The fourth-order valence-corrected chi connectivity index (χ4v) is 2.35. The molecule has 0 atom stereocenters. The lowest BCUT2D eigenvalue weighted by Gasteiger charge is -2.27. The van der Waals surface area contributed by atoms with Crippen LogP contribution in [0, 0.1) is 10.1 Å². The molecular formula is C14H10ClN3O4S. The number of carbonyl (C=O) groups is 2. The van der Waals surface area contributed by atoms with Gasteiger partial charge in [-0.05, 0) is 29.9 Å². The molecule has 2 amide bonds. The zero-order valence-electron chi connectivity index (χ0n) is 11.6. The molecule has 7 nitrogen and oxygen atoms in total. The molecule has 0 bridgehead atoms. The van der Waals surface area contributed by atoms with E-state index in [0.717, 1.165) is 0 Å². The van der Waals surface area contributed by atoms with Crippen molar-refractivity contribution in [2.24, 2.45) is 0 Å². The minimum Gasteiger partial charge on any atom is -0.298 e. The Hall–Kier alpha value is -2.58. The summed E-state index contributed by atoms with van der Waals surface area (Å²) < 4.78 is 0. The molecule has 0 spiro atoms. The molecule has 1 heterocycles. The lowest BCUT2D eigenvalue weighted by atomic mass is 10.1. The largest absolute Gasteiger partial charge is 0.298 e. The molecule has 1 aliphatic rings. The summed E-state index contributed by atoms with van der Waals surface area (Å²) in [5.74, 6) is -1.27. The van der Waals surface area contributed by atoms with Gasteiger partial charge in [-0.3, -0.25) is 29.9 Å². The number of thiocarbonyl (C=S) groups is 1. The van der Waals surface area contributed by atoms with Crippen molar-refractivity contribution in [1.82, 2.24) is 10.2 Å². The molecule has 1 N–H and O–H groups in total. The number of nitrogens with zero attached hydrogens (tertiary/aromatic N) is 2. The maximum absolute atomic E-state index is 12.3. The van der Waals surface area contributed by atoms with Crippen molar-refractivity contribution >= 4 is 52.5 Å². The van der Waals surface area contributed by atoms with E-state index < -0.39 is 16.7 Å². The van der Waals surface area contributed by atoms with Crippen LogP contribution in [0.1, 0.15) is 5.56 Å². The smallest absolute Gasteiger partial charge is 0.288 e. The second-order valence-corrected chi connectivity index (χ2v) is 5.28. The van der Waals surface area contributed by atoms with Crippen LogP contribution >= 0.6 is 23.8 Å². The number of amides is 2. The summed E-state index contributed by atoms with van der Waals surface area (Å²) in [5, 5.41) is 13.2. The third-order valence-electron chi connectivity index (χ3n) is 2.98. The third kappa shape index (κ3) is 3.43. The highest BCUT2D eigenvalue weighted by Gasteiger charge is 2.32. The highest BCUT2D eigenvalue weighted by Crippen LogP contribution is 2.26. The Labute approximate surface area is 141 Å². The summed E-state index contributed by atoms with van der Waals surface area (Å²) in [7, 11) is 0. The predicted octanol–water partition coefficient (Wildman–Crippen LogP) is 2.06. The van der Waals surface area contributed by atoms with Crippen LogP contribution in [0.3, 0.4) is 0 Å². The first-order valence-corrected chi connectivity index (χ1v) is 7.07. The van der Waals surface area contributed by atoms with Crippen LogP contribution in [-0.2, 0) is 9.59 Å². The molecule has 0 unspecified atom stereocenters. The molecular weight excluding hydrogens is 342 g/mol. The highest BCUT2D eigenvalue weighted by atomic mass is 35.5. The van der Waals surface area contributed by atoms with E-state index in [9.17, 15) is 19.7 Å². The summed E-state index contributed by atoms with van der Waals surface area (Å²) in [5.41, 5.74) is -0.203. The number of nitro benzene ring substituents is 1. The molecule has 9 heteroatoms. The average molecular weight is 352 g/mol. The van der Waals surface area contributed by atoms with Gasteiger partial charge in [0, 0.05) is 12.6 Å². The van der Waals surface area contributed by atoms with Crippen molar-refractivity contribution in [3.8, 4) is 0 Å². The molecule has 1 aromatic carbocycles. The van der Waals surface area contributed by atoms with E-state index in [4.69, 9.17) is 23.8 Å². The fraction of sp³-hybridized carbons (Fsp3) is 0.0714. The van der Waals surface area contributed by atoms with Crippen molar-refractivity contribution in [3.05, 3.63) is 57.1 Å². The Bertz CT molecular complexity index is 775. The molecule has 2 rings (SSSR count). The number of nitrogens with one attached hydrogen (secondary N) is 1. The lowest BCUT2D eigenvalue weighted by Crippen LogP contribution is -2.53. The number of rotatable bonds is 4. The zero-order valence-corrected chi connectivity index (χ0v) is 13.2. The average Bonchev–Trinajstić information content (AvgIpc) is 2.49. The monoisotopic (exact) mass is 351 g/mol. The van der Waals surface area contributed by atoms with Crippen molar-refractivity contribution in [2.75, 3.05) is 6.54 Å². The summed E-state index contributed by atoms with van der Waals surface area (Å²) in [4.78, 5) is 35.7. The van der Waals surface area contributed by atoms with Crippen LogP contribution in [-0.4, -0.2) is 33.3 Å². The van der Waals surface area contributed by atoms with Gasteiger partial charge in [0.2, 0.25) is 0 Å². The first-order chi connectivity index (χ1) is 10.8. The quantitative estimate of drug-likeness (QED) is 0.224. The maximum atomic E-state index is 12.3. The van der Waals surface area contributed by atoms with Gasteiger partial charge in [0.15, 0.2) is 5.11 Å². The van der Waals surface area contributed by atoms with Gasteiger partial charge in [-0.2, -0.15) is 0 Å². The van der Waals surface area contributed by atoms with Gasteiger partial charge in [-0.1, -0.05) is 23.7 Å². The lowest BCUT2D eigenvalue weighted by molar-refractivity contribution is -0.384. The normalized spacial score (nSPS) is 16.5. The van der Waals surface area contributed by atoms with Gasteiger partial charge in [0.1, 0.15) is 10.6 Å². The molecule has 1 aromatic rings. The van der Waals surface area contributed by atoms with Crippen LogP contribution in [0.5, 0.6) is 0 Å². The van der Waals surface area contributed by atoms with E-state index in [1.54, 1.807) is 0 Å². The van der Waals surface area contributed by atoms with Crippen LogP contribution in [0.25, 0.3) is 6.08 Å².